The predicted molar refractivity (Wildman–Crippen MR) is 133 cm³/mol. The molecule has 8 heteroatoms. The van der Waals surface area contributed by atoms with E-state index in [2.05, 4.69) is 22.2 Å². The van der Waals surface area contributed by atoms with Crippen LogP contribution in [0.1, 0.15) is 40.6 Å². The van der Waals surface area contributed by atoms with E-state index in [0.29, 0.717) is 11.3 Å². The molecule has 0 aromatic heterocycles. The number of rotatable bonds is 5. The Morgan fingerprint density at radius 3 is 2.56 bits per heavy atom. The Kier molecular flexibility index (Phi) is 5.40. The molecule has 174 valence electrons. The van der Waals surface area contributed by atoms with Gasteiger partial charge in [-0.25, -0.2) is 8.42 Å². The number of nitro benzene ring substituents is 1. The van der Waals surface area contributed by atoms with Gasteiger partial charge in [-0.05, 0) is 73.2 Å². The summed E-state index contributed by atoms with van der Waals surface area (Å²) >= 11 is 0. The molecular formula is C26H25N3O4S. The molecule has 0 spiro atoms. The molecule has 1 aliphatic carbocycles. The van der Waals surface area contributed by atoms with Gasteiger partial charge in [-0.2, -0.15) is 0 Å². The molecule has 7 nitrogen and oxygen atoms in total. The summed E-state index contributed by atoms with van der Waals surface area (Å²) in [7, 11) is -3.78. The average Bonchev–Trinajstić information content (AvgIpc) is 3.31. The first kappa shape index (κ1) is 22.2. The third-order valence-corrected chi connectivity index (χ3v) is 8.25. The lowest BCUT2D eigenvalue weighted by Gasteiger charge is -2.37. The van der Waals surface area contributed by atoms with Gasteiger partial charge in [-0.1, -0.05) is 36.4 Å². The molecule has 3 atom stereocenters. The third-order valence-electron chi connectivity index (χ3n) is 6.87. The molecule has 0 bridgehead atoms. The molecule has 3 aromatic rings. The summed E-state index contributed by atoms with van der Waals surface area (Å²) in [6.45, 7) is 3.92. The summed E-state index contributed by atoms with van der Waals surface area (Å²) in [6, 6.07) is 17.1. The number of fused-ring (bicyclic) bond motifs is 3. The quantitative estimate of drug-likeness (QED) is 0.274. The second-order valence-corrected chi connectivity index (χ2v) is 10.6. The van der Waals surface area contributed by atoms with Crippen LogP contribution in [0.2, 0.25) is 0 Å². The number of hydrogen-bond donors (Lipinski definition) is 2. The van der Waals surface area contributed by atoms with Gasteiger partial charge in [0.2, 0.25) is 0 Å². The molecular weight excluding hydrogens is 450 g/mol. The SMILES string of the molecule is Cc1ccc(NS(=O)(=O)c2ccc3c(c2)C2C=CCC2C(c2ccccc2[N+](=O)[O-])N3)cc1C. The summed E-state index contributed by atoms with van der Waals surface area (Å²) in [5, 5.41) is 15.1. The minimum atomic E-state index is -3.78. The lowest BCUT2D eigenvalue weighted by Crippen LogP contribution is -2.30. The van der Waals surface area contributed by atoms with Gasteiger partial charge < -0.3 is 5.32 Å². The van der Waals surface area contributed by atoms with Crippen molar-refractivity contribution in [2.24, 2.45) is 5.92 Å². The number of aryl methyl sites for hydroxylation is 2. The first-order chi connectivity index (χ1) is 16.2. The minimum Gasteiger partial charge on any atom is -0.377 e. The summed E-state index contributed by atoms with van der Waals surface area (Å²) in [5.41, 5.74) is 5.03. The fourth-order valence-electron chi connectivity index (χ4n) is 4.98. The van der Waals surface area contributed by atoms with E-state index >= 15 is 0 Å². The van der Waals surface area contributed by atoms with E-state index in [1.54, 1.807) is 36.4 Å². The highest BCUT2D eigenvalue weighted by Gasteiger charge is 2.40. The first-order valence-corrected chi connectivity index (χ1v) is 12.6. The number of sulfonamides is 1. The monoisotopic (exact) mass is 475 g/mol. The highest BCUT2D eigenvalue weighted by atomic mass is 32.2. The molecule has 1 heterocycles. The Labute approximate surface area is 198 Å². The Balaban J connectivity index is 1.50. The zero-order valence-corrected chi connectivity index (χ0v) is 19.7. The predicted octanol–water partition coefficient (Wildman–Crippen LogP) is 5.84. The molecule has 5 rings (SSSR count). The lowest BCUT2D eigenvalue weighted by atomic mass is 9.76. The van der Waals surface area contributed by atoms with Crippen LogP contribution < -0.4 is 10.0 Å². The molecule has 0 amide bonds. The lowest BCUT2D eigenvalue weighted by molar-refractivity contribution is -0.385. The maximum Gasteiger partial charge on any atom is 0.274 e. The zero-order valence-electron chi connectivity index (χ0n) is 18.9. The molecule has 0 saturated carbocycles. The van der Waals surface area contributed by atoms with Gasteiger partial charge in [-0.15, -0.1) is 0 Å². The molecule has 0 fully saturated rings. The van der Waals surface area contributed by atoms with E-state index in [4.69, 9.17) is 0 Å². The first-order valence-electron chi connectivity index (χ1n) is 11.1. The van der Waals surface area contributed by atoms with E-state index in [9.17, 15) is 18.5 Å². The minimum absolute atomic E-state index is 0.0298. The molecule has 2 N–H and O–H groups in total. The van der Waals surface area contributed by atoms with E-state index in [0.717, 1.165) is 28.8 Å². The van der Waals surface area contributed by atoms with Crippen molar-refractivity contribution in [1.29, 1.82) is 0 Å². The van der Waals surface area contributed by atoms with Crippen molar-refractivity contribution in [3.8, 4) is 0 Å². The number of nitro groups is 1. The topological polar surface area (TPSA) is 101 Å². The van der Waals surface area contributed by atoms with E-state index in [1.807, 2.05) is 32.0 Å². The van der Waals surface area contributed by atoms with E-state index < -0.39 is 10.0 Å². The maximum absolute atomic E-state index is 13.2. The van der Waals surface area contributed by atoms with Gasteiger partial charge in [0.15, 0.2) is 0 Å². The van der Waals surface area contributed by atoms with Crippen LogP contribution in [0, 0.1) is 29.9 Å². The van der Waals surface area contributed by atoms with Crippen LogP contribution >= 0.6 is 0 Å². The number of hydrogen-bond acceptors (Lipinski definition) is 5. The highest BCUT2D eigenvalue weighted by molar-refractivity contribution is 7.92. The van der Waals surface area contributed by atoms with Crippen molar-refractivity contribution in [2.45, 2.75) is 37.1 Å². The van der Waals surface area contributed by atoms with Crippen LogP contribution in [-0.4, -0.2) is 13.3 Å². The van der Waals surface area contributed by atoms with Gasteiger partial charge in [-0.3, -0.25) is 14.8 Å². The average molecular weight is 476 g/mol. The van der Waals surface area contributed by atoms with Crippen LogP contribution in [0.5, 0.6) is 0 Å². The fourth-order valence-corrected chi connectivity index (χ4v) is 6.07. The molecule has 3 aromatic carbocycles. The number of allylic oxidation sites excluding steroid dienone is 2. The normalized spacial score (nSPS) is 20.8. The van der Waals surface area contributed by atoms with Gasteiger partial charge >= 0.3 is 0 Å². The Bertz CT molecular complexity index is 1430. The number of para-hydroxylation sites is 1. The van der Waals surface area contributed by atoms with Crippen molar-refractivity contribution in [2.75, 3.05) is 10.0 Å². The van der Waals surface area contributed by atoms with E-state index in [1.165, 1.54) is 6.07 Å². The molecule has 3 unspecified atom stereocenters. The number of nitrogens with zero attached hydrogens (tertiary/aromatic N) is 1. The maximum atomic E-state index is 13.2. The number of anilines is 2. The molecule has 0 radical (unpaired) electrons. The van der Waals surface area contributed by atoms with Crippen molar-refractivity contribution in [3.05, 3.63) is 105 Å². The summed E-state index contributed by atoms with van der Waals surface area (Å²) in [4.78, 5) is 11.5. The Morgan fingerprint density at radius 2 is 1.79 bits per heavy atom. The highest BCUT2D eigenvalue weighted by Crippen LogP contribution is 2.51. The fraction of sp³-hybridized carbons (Fsp3) is 0.231. The zero-order chi connectivity index (χ0) is 24.0. The van der Waals surface area contributed by atoms with Crippen LogP contribution in [0.4, 0.5) is 17.1 Å². The van der Waals surface area contributed by atoms with Gasteiger partial charge in [0, 0.05) is 23.4 Å². The molecule has 1 aliphatic heterocycles. The smallest absolute Gasteiger partial charge is 0.274 e. The summed E-state index contributed by atoms with van der Waals surface area (Å²) < 4.78 is 29.0. The Morgan fingerprint density at radius 1 is 1.00 bits per heavy atom. The molecule has 2 aliphatic rings. The second kappa shape index (κ2) is 8.29. The molecule has 34 heavy (non-hydrogen) atoms. The van der Waals surface area contributed by atoms with Gasteiger partial charge in [0.1, 0.15) is 0 Å². The largest absolute Gasteiger partial charge is 0.377 e. The second-order valence-electron chi connectivity index (χ2n) is 8.95. The van der Waals surface area contributed by atoms with Gasteiger partial charge in [0.05, 0.1) is 21.4 Å². The van der Waals surface area contributed by atoms with Crippen molar-refractivity contribution in [1.82, 2.24) is 0 Å². The van der Waals surface area contributed by atoms with Crippen molar-refractivity contribution >= 4 is 27.1 Å². The van der Waals surface area contributed by atoms with E-state index in [-0.39, 0.29) is 33.4 Å². The van der Waals surface area contributed by atoms with Crippen molar-refractivity contribution < 1.29 is 13.3 Å². The third kappa shape index (κ3) is 3.84. The number of nitrogens with one attached hydrogen (secondary N) is 2. The van der Waals surface area contributed by atoms with Crippen LogP contribution in [0.25, 0.3) is 0 Å². The molecule has 0 saturated heterocycles. The van der Waals surface area contributed by atoms with Crippen LogP contribution in [-0.2, 0) is 10.0 Å². The Hall–Kier alpha value is -3.65. The van der Waals surface area contributed by atoms with Gasteiger partial charge in [0.25, 0.3) is 15.7 Å². The van der Waals surface area contributed by atoms with Crippen molar-refractivity contribution in [3.63, 3.8) is 0 Å². The number of benzene rings is 3. The summed E-state index contributed by atoms with van der Waals surface area (Å²) in [6.07, 6.45) is 4.91. The van der Waals surface area contributed by atoms with Crippen LogP contribution in [0.15, 0.2) is 77.7 Å². The summed E-state index contributed by atoms with van der Waals surface area (Å²) in [5.74, 6) is 0.0251. The van der Waals surface area contributed by atoms with Crippen LogP contribution in [0.3, 0.4) is 0 Å². The standard InChI is InChI=1S/C26H25N3O4S/c1-16-10-11-18(14-17(16)2)28-34(32,33)19-12-13-24-23(15-19)20-7-5-8-21(20)26(27-24)22-6-3-4-9-25(22)29(30)31/h3-7,9-15,20-21,26-28H,8H2,1-2H3.